The van der Waals surface area contributed by atoms with Gasteiger partial charge in [0.05, 0.1) is 16.7 Å². The summed E-state index contributed by atoms with van der Waals surface area (Å²) in [6, 6.07) is 57.5. The maximum atomic E-state index is 6.91. The van der Waals surface area contributed by atoms with Crippen LogP contribution in [-0.2, 0) is 0 Å². The van der Waals surface area contributed by atoms with Crippen molar-refractivity contribution in [3.05, 3.63) is 164 Å². The molecule has 254 valence electrons. The van der Waals surface area contributed by atoms with E-state index in [2.05, 4.69) is 156 Å². The topological polar surface area (TPSA) is 57.0 Å². The summed E-state index contributed by atoms with van der Waals surface area (Å²) in [6.45, 7) is 0. The molecule has 0 saturated carbocycles. The minimum Gasteiger partial charge on any atom is -0.456 e. The van der Waals surface area contributed by atoms with E-state index in [0.29, 0.717) is 5.95 Å². The van der Waals surface area contributed by atoms with Crippen LogP contribution in [0.4, 0.5) is 0 Å². The zero-order valence-electron chi connectivity index (χ0n) is 29.2. The Balaban J connectivity index is 1.20. The zero-order valence-corrected chi connectivity index (χ0v) is 29.2. The molecule has 13 aromatic rings. The molecule has 0 amide bonds. The number of hydrogen-bond donors (Lipinski definition) is 0. The molecule has 0 unspecified atom stereocenters. The van der Waals surface area contributed by atoms with E-state index >= 15 is 0 Å². The van der Waals surface area contributed by atoms with Gasteiger partial charge in [0, 0.05) is 43.3 Å². The largest absolute Gasteiger partial charge is 0.456 e. The minimum absolute atomic E-state index is 0.587. The Morgan fingerprint density at radius 2 is 1.02 bits per heavy atom. The van der Waals surface area contributed by atoms with Gasteiger partial charge in [-0.25, -0.2) is 9.97 Å². The second-order valence-corrected chi connectivity index (χ2v) is 14.4. The average Bonchev–Trinajstić information content (AvgIpc) is 3.93. The molecule has 4 heterocycles. The van der Waals surface area contributed by atoms with Gasteiger partial charge < -0.3 is 8.83 Å². The van der Waals surface area contributed by atoms with Gasteiger partial charge >= 0.3 is 0 Å². The van der Waals surface area contributed by atoms with Gasteiger partial charge in [-0.05, 0) is 74.8 Å². The fourth-order valence-electron chi connectivity index (χ4n) is 9.22. The first kappa shape index (κ1) is 29.0. The predicted molar refractivity (Wildman–Crippen MR) is 226 cm³/mol. The number of benzene rings is 9. The molecule has 0 aliphatic heterocycles. The highest BCUT2D eigenvalue weighted by atomic mass is 16.3. The molecular formula is C50H27N3O2. The third kappa shape index (κ3) is 3.86. The molecule has 0 aliphatic carbocycles. The fourth-order valence-corrected chi connectivity index (χ4v) is 9.22. The molecule has 4 aromatic heterocycles. The van der Waals surface area contributed by atoms with Gasteiger partial charge in [0.1, 0.15) is 22.3 Å². The number of furan rings is 2. The van der Waals surface area contributed by atoms with Crippen molar-refractivity contribution in [2.24, 2.45) is 0 Å². The molecule has 0 aliphatic rings. The Hall–Kier alpha value is -7.50. The molecular weight excluding hydrogens is 675 g/mol. The van der Waals surface area contributed by atoms with E-state index in [1.165, 1.54) is 26.9 Å². The summed E-state index contributed by atoms with van der Waals surface area (Å²) in [4.78, 5) is 10.9. The maximum absolute atomic E-state index is 6.91. The average molecular weight is 702 g/mol. The molecule has 0 radical (unpaired) electrons. The highest BCUT2D eigenvalue weighted by Gasteiger charge is 2.26. The van der Waals surface area contributed by atoms with E-state index in [1.807, 2.05) is 12.1 Å². The second kappa shape index (κ2) is 10.6. The van der Waals surface area contributed by atoms with Crippen LogP contribution in [0.25, 0.3) is 126 Å². The van der Waals surface area contributed by atoms with Crippen molar-refractivity contribution in [3.8, 4) is 17.2 Å². The quantitative estimate of drug-likeness (QED) is 0.180. The Morgan fingerprint density at radius 3 is 1.84 bits per heavy atom. The van der Waals surface area contributed by atoms with Crippen molar-refractivity contribution < 1.29 is 8.83 Å². The van der Waals surface area contributed by atoms with Gasteiger partial charge in [-0.3, -0.25) is 4.57 Å². The lowest BCUT2D eigenvalue weighted by Crippen LogP contribution is -2.03. The SMILES string of the molecule is c1ccc2c(c1)ccc1oc3ccc(-c4nc(-n5c6ccc7ccccc7c6c6c7ccccc7c7c8ccccc8oc7c65)nc5ccccc45)cc3c12. The summed E-state index contributed by atoms with van der Waals surface area (Å²) < 4.78 is 15.6. The predicted octanol–water partition coefficient (Wildman–Crippen LogP) is 13.7. The molecule has 0 fully saturated rings. The van der Waals surface area contributed by atoms with Gasteiger partial charge in [0.25, 0.3) is 0 Å². The highest BCUT2D eigenvalue weighted by Crippen LogP contribution is 2.47. The zero-order chi connectivity index (χ0) is 35.8. The number of hydrogen-bond acceptors (Lipinski definition) is 4. The smallest absolute Gasteiger partial charge is 0.235 e. The van der Waals surface area contributed by atoms with E-state index in [0.717, 1.165) is 93.2 Å². The van der Waals surface area contributed by atoms with Gasteiger partial charge in [0.15, 0.2) is 5.58 Å². The van der Waals surface area contributed by atoms with Crippen molar-refractivity contribution >= 4 is 109 Å². The molecule has 0 bridgehead atoms. The first-order chi connectivity index (χ1) is 27.3. The van der Waals surface area contributed by atoms with Crippen LogP contribution in [-0.4, -0.2) is 14.5 Å². The number of rotatable bonds is 2. The number of nitrogens with zero attached hydrogens (tertiary/aromatic N) is 3. The Labute approximate surface area is 312 Å². The fraction of sp³-hybridized carbons (Fsp3) is 0. The van der Waals surface area contributed by atoms with Crippen molar-refractivity contribution in [2.45, 2.75) is 0 Å². The molecule has 5 heteroatoms. The van der Waals surface area contributed by atoms with Gasteiger partial charge in [-0.1, -0.05) is 121 Å². The molecule has 0 saturated heterocycles. The van der Waals surface area contributed by atoms with E-state index in [4.69, 9.17) is 18.8 Å². The van der Waals surface area contributed by atoms with Crippen LogP contribution in [0.3, 0.4) is 0 Å². The third-order valence-corrected chi connectivity index (χ3v) is 11.6. The van der Waals surface area contributed by atoms with Crippen molar-refractivity contribution in [2.75, 3.05) is 0 Å². The maximum Gasteiger partial charge on any atom is 0.235 e. The van der Waals surface area contributed by atoms with Crippen LogP contribution in [0.1, 0.15) is 0 Å². The van der Waals surface area contributed by atoms with Crippen LogP contribution in [0.2, 0.25) is 0 Å². The Morgan fingerprint density at radius 1 is 0.400 bits per heavy atom. The summed E-state index contributed by atoms with van der Waals surface area (Å²) in [5.41, 5.74) is 8.10. The minimum atomic E-state index is 0.587. The second-order valence-electron chi connectivity index (χ2n) is 14.4. The summed E-state index contributed by atoms with van der Waals surface area (Å²) in [7, 11) is 0. The standard InChI is InChI=1S/C50H27N3O2/c1-3-13-31-29(12-1)22-26-42-43(31)37-27-30(23-25-41(37)54-42)47-35-17-7-9-19-38(35)51-50(52-47)53-39-24-21-28-11-2-4-14-32(28)45(39)46-34-16-6-5-15-33(34)44-36-18-8-10-20-40(36)55-49(44)48(46)53/h1-27H. The van der Waals surface area contributed by atoms with Gasteiger partial charge in [-0.15, -0.1) is 0 Å². The Bertz CT molecular complexity index is 3790. The van der Waals surface area contributed by atoms with Crippen molar-refractivity contribution in [1.82, 2.24) is 14.5 Å². The molecule has 55 heavy (non-hydrogen) atoms. The van der Waals surface area contributed by atoms with E-state index in [-0.39, 0.29) is 0 Å². The molecule has 13 rings (SSSR count). The lowest BCUT2D eigenvalue weighted by Gasteiger charge is -2.12. The summed E-state index contributed by atoms with van der Waals surface area (Å²) in [6.07, 6.45) is 0. The molecule has 0 spiro atoms. The number of fused-ring (bicyclic) bond motifs is 18. The number of aromatic nitrogens is 3. The van der Waals surface area contributed by atoms with Gasteiger partial charge in [0.2, 0.25) is 5.95 Å². The van der Waals surface area contributed by atoms with E-state index in [1.54, 1.807) is 0 Å². The summed E-state index contributed by atoms with van der Waals surface area (Å²) in [5.74, 6) is 0.587. The Kier molecular flexibility index (Phi) is 5.57. The molecule has 9 aromatic carbocycles. The molecule has 0 N–H and O–H groups in total. The summed E-state index contributed by atoms with van der Waals surface area (Å²) in [5, 5.41) is 14.7. The number of para-hydroxylation sites is 2. The van der Waals surface area contributed by atoms with Crippen LogP contribution in [0, 0.1) is 0 Å². The normalized spacial score (nSPS) is 12.4. The first-order valence-corrected chi connectivity index (χ1v) is 18.6. The van der Waals surface area contributed by atoms with Crippen LogP contribution in [0.5, 0.6) is 0 Å². The summed E-state index contributed by atoms with van der Waals surface area (Å²) >= 11 is 0. The van der Waals surface area contributed by atoms with Crippen LogP contribution >= 0.6 is 0 Å². The highest BCUT2D eigenvalue weighted by molar-refractivity contribution is 6.37. The molecule has 5 nitrogen and oxygen atoms in total. The van der Waals surface area contributed by atoms with E-state index < -0.39 is 0 Å². The monoisotopic (exact) mass is 701 g/mol. The third-order valence-electron chi connectivity index (χ3n) is 11.6. The first-order valence-electron chi connectivity index (χ1n) is 18.6. The van der Waals surface area contributed by atoms with Crippen molar-refractivity contribution in [3.63, 3.8) is 0 Å². The lowest BCUT2D eigenvalue weighted by atomic mass is 9.97. The lowest BCUT2D eigenvalue weighted by molar-refractivity contribution is 0.669. The van der Waals surface area contributed by atoms with Gasteiger partial charge in [-0.2, -0.15) is 0 Å². The molecule has 0 atom stereocenters. The van der Waals surface area contributed by atoms with Crippen molar-refractivity contribution in [1.29, 1.82) is 0 Å². The van der Waals surface area contributed by atoms with Crippen LogP contribution < -0.4 is 0 Å². The van der Waals surface area contributed by atoms with Crippen LogP contribution in [0.15, 0.2) is 173 Å². The van der Waals surface area contributed by atoms with E-state index in [9.17, 15) is 0 Å².